The van der Waals surface area contributed by atoms with Crippen molar-refractivity contribution in [3.8, 4) is 11.8 Å². The second-order valence-electron chi connectivity index (χ2n) is 4.63. The fourth-order valence-corrected chi connectivity index (χ4v) is 1.96. The topological polar surface area (TPSA) is 65.4 Å². The fourth-order valence-electron chi connectivity index (χ4n) is 1.96. The van der Waals surface area contributed by atoms with Crippen molar-refractivity contribution in [2.24, 2.45) is 0 Å². The average molecular weight is 289 g/mol. The number of para-hydroxylation sites is 1. The first-order chi connectivity index (χ1) is 10.2. The van der Waals surface area contributed by atoms with Gasteiger partial charge in [0.15, 0.2) is 0 Å². The van der Waals surface area contributed by atoms with Crippen molar-refractivity contribution in [3.05, 3.63) is 29.8 Å². The number of likely N-dealkylation sites (N-methyl/N-ethyl adjacent to an activating group) is 2. The van der Waals surface area contributed by atoms with Crippen LogP contribution in [0.25, 0.3) is 0 Å². The van der Waals surface area contributed by atoms with Crippen LogP contribution in [0.4, 0.5) is 0 Å². The molecular formula is C16H23N3O2. The Kier molecular flexibility index (Phi) is 7.92. The monoisotopic (exact) mass is 289 g/mol. The summed E-state index contributed by atoms with van der Waals surface area (Å²) in [6.45, 7) is 7.17. The average Bonchev–Trinajstić information content (AvgIpc) is 2.50. The SMILES string of the molecule is CCNC(=O)CN(CC)CCCOc1ccccc1C#N. The van der Waals surface area contributed by atoms with Crippen LogP contribution in [0.5, 0.6) is 5.75 Å². The number of amides is 1. The molecule has 0 aliphatic carbocycles. The van der Waals surface area contributed by atoms with Crippen molar-refractivity contribution < 1.29 is 9.53 Å². The first-order valence-electron chi connectivity index (χ1n) is 7.32. The van der Waals surface area contributed by atoms with Crippen molar-refractivity contribution in [3.63, 3.8) is 0 Å². The van der Waals surface area contributed by atoms with Crippen LogP contribution in [0.1, 0.15) is 25.8 Å². The number of hydrogen-bond donors (Lipinski definition) is 1. The van der Waals surface area contributed by atoms with E-state index in [0.29, 0.717) is 31.0 Å². The summed E-state index contributed by atoms with van der Waals surface area (Å²) >= 11 is 0. The van der Waals surface area contributed by atoms with E-state index in [9.17, 15) is 4.79 Å². The van der Waals surface area contributed by atoms with E-state index < -0.39 is 0 Å². The zero-order valence-corrected chi connectivity index (χ0v) is 12.8. The van der Waals surface area contributed by atoms with Gasteiger partial charge in [-0.1, -0.05) is 19.1 Å². The highest BCUT2D eigenvalue weighted by molar-refractivity contribution is 5.77. The molecule has 5 heteroatoms. The van der Waals surface area contributed by atoms with Crippen molar-refractivity contribution in [1.29, 1.82) is 5.26 Å². The summed E-state index contributed by atoms with van der Waals surface area (Å²) in [6, 6.07) is 9.31. The van der Waals surface area contributed by atoms with Crippen LogP contribution in [0.3, 0.4) is 0 Å². The van der Waals surface area contributed by atoms with Crippen molar-refractivity contribution in [1.82, 2.24) is 10.2 Å². The minimum absolute atomic E-state index is 0.0510. The standard InChI is InChI=1S/C16H23N3O2/c1-3-18-16(20)13-19(4-2)10-7-11-21-15-9-6-5-8-14(15)12-17/h5-6,8-9H,3-4,7,10-11,13H2,1-2H3,(H,18,20). The Morgan fingerprint density at radius 1 is 1.38 bits per heavy atom. The Morgan fingerprint density at radius 3 is 2.81 bits per heavy atom. The molecule has 1 amide bonds. The zero-order valence-electron chi connectivity index (χ0n) is 12.8. The molecule has 0 fully saturated rings. The minimum atomic E-state index is 0.0510. The molecule has 1 rings (SSSR count). The molecule has 5 nitrogen and oxygen atoms in total. The van der Waals surface area contributed by atoms with Gasteiger partial charge in [-0.3, -0.25) is 9.69 Å². The number of carbonyl (C=O) groups excluding carboxylic acids is 1. The lowest BCUT2D eigenvalue weighted by molar-refractivity contribution is -0.122. The second kappa shape index (κ2) is 9.78. The Labute approximate surface area is 126 Å². The summed E-state index contributed by atoms with van der Waals surface area (Å²) in [4.78, 5) is 13.6. The van der Waals surface area contributed by atoms with Gasteiger partial charge in [-0.2, -0.15) is 5.26 Å². The largest absolute Gasteiger partial charge is 0.492 e. The lowest BCUT2D eigenvalue weighted by Gasteiger charge is -2.19. The van der Waals surface area contributed by atoms with Crippen molar-refractivity contribution >= 4 is 5.91 Å². The first-order valence-corrected chi connectivity index (χ1v) is 7.32. The highest BCUT2D eigenvalue weighted by Gasteiger charge is 2.08. The fraction of sp³-hybridized carbons (Fsp3) is 0.500. The molecule has 0 saturated carbocycles. The minimum Gasteiger partial charge on any atom is -0.492 e. The van der Waals surface area contributed by atoms with E-state index in [1.165, 1.54) is 0 Å². The van der Waals surface area contributed by atoms with Crippen LogP contribution in [0.2, 0.25) is 0 Å². The van der Waals surface area contributed by atoms with Crippen LogP contribution in [0, 0.1) is 11.3 Å². The normalized spacial score (nSPS) is 10.2. The van der Waals surface area contributed by atoms with Gasteiger partial charge in [0.25, 0.3) is 0 Å². The lowest BCUT2D eigenvalue weighted by Crippen LogP contribution is -2.37. The van der Waals surface area contributed by atoms with Gasteiger partial charge in [0.2, 0.25) is 5.91 Å². The van der Waals surface area contributed by atoms with E-state index >= 15 is 0 Å². The third-order valence-corrected chi connectivity index (χ3v) is 3.07. The summed E-state index contributed by atoms with van der Waals surface area (Å²) in [5.74, 6) is 0.668. The van der Waals surface area contributed by atoms with Crippen LogP contribution in [-0.2, 0) is 4.79 Å². The quantitative estimate of drug-likeness (QED) is 0.704. The summed E-state index contributed by atoms with van der Waals surface area (Å²) < 4.78 is 5.63. The highest BCUT2D eigenvalue weighted by atomic mass is 16.5. The number of carbonyl (C=O) groups is 1. The zero-order chi connectivity index (χ0) is 15.5. The maximum atomic E-state index is 11.5. The molecule has 1 N–H and O–H groups in total. The number of nitrogens with zero attached hydrogens (tertiary/aromatic N) is 2. The molecule has 0 aromatic heterocycles. The molecular weight excluding hydrogens is 266 g/mol. The molecule has 0 unspecified atom stereocenters. The maximum absolute atomic E-state index is 11.5. The Hall–Kier alpha value is -2.06. The highest BCUT2D eigenvalue weighted by Crippen LogP contribution is 2.16. The summed E-state index contributed by atoms with van der Waals surface area (Å²) in [7, 11) is 0. The number of benzene rings is 1. The smallest absolute Gasteiger partial charge is 0.234 e. The predicted molar refractivity (Wildman–Crippen MR) is 82.1 cm³/mol. The van der Waals surface area contributed by atoms with Crippen LogP contribution < -0.4 is 10.1 Å². The van der Waals surface area contributed by atoms with Gasteiger partial charge < -0.3 is 10.1 Å². The van der Waals surface area contributed by atoms with Gasteiger partial charge in [-0.05, 0) is 32.0 Å². The molecule has 0 aliphatic heterocycles. The Morgan fingerprint density at radius 2 is 2.14 bits per heavy atom. The second-order valence-corrected chi connectivity index (χ2v) is 4.63. The number of rotatable bonds is 9. The third-order valence-electron chi connectivity index (χ3n) is 3.07. The van der Waals surface area contributed by atoms with Gasteiger partial charge in [-0.15, -0.1) is 0 Å². The Balaban J connectivity index is 2.32. The summed E-state index contributed by atoms with van der Waals surface area (Å²) in [6.07, 6.45) is 0.813. The summed E-state index contributed by atoms with van der Waals surface area (Å²) in [5, 5.41) is 11.8. The van der Waals surface area contributed by atoms with Gasteiger partial charge in [0.05, 0.1) is 18.7 Å². The van der Waals surface area contributed by atoms with Gasteiger partial charge in [-0.25, -0.2) is 0 Å². The number of nitriles is 1. The number of nitrogens with one attached hydrogen (secondary N) is 1. The lowest BCUT2D eigenvalue weighted by atomic mass is 10.2. The molecule has 1 aromatic rings. The van der Waals surface area contributed by atoms with Crippen LogP contribution in [-0.4, -0.2) is 43.6 Å². The van der Waals surface area contributed by atoms with Crippen molar-refractivity contribution in [2.75, 3.05) is 32.8 Å². The van der Waals surface area contributed by atoms with E-state index in [-0.39, 0.29) is 5.91 Å². The van der Waals surface area contributed by atoms with E-state index in [1.54, 1.807) is 12.1 Å². The molecule has 1 aromatic carbocycles. The molecule has 21 heavy (non-hydrogen) atoms. The van der Waals surface area contributed by atoms with E-state index in [0.717, 1.165) is 19.5 Å². The molecule has 0 spiro atoms. The number of ether oxygens (including phenoxy) is 1. The van der Waals surface area contributed by atoms with Gasteiger partial charge in [0.1, 0.15) is 11.8 Å². The summed E-state index contributed by atoms with van der Waals surface area (Å²) in [5.41, 5.74) is 0.548. The molecule has 0 radical (unpaired) electrons. The van der Waals surface area contributed by atoms with Gasteiger partial charge in [0, 0.05) is 13.1 Å². The molecule has 114 valence electrons. The van der Waals surface area contributed by atoms with Gasteiger partial charge >= 0.3 is 0 Å². The molecule has 0 atom stereocenters. The molecule has 0 aliphatic rings. The predicted octanol–water partition coefficient (Wildman–Crippen LogP) is 1.79. The van der Waals surface area contributed by atoms with E-state index in [4.69, 9.17) is 10.00 Å². The maximum Gasteiger partial charge on any atom is 0.234 e. The van der Waals surface area contributed by atoms with Crippen LogP contribution >= 0.6 is 0 Å². The van der Waals surface area contributed by atoms with Crippen molar-refractivity contribution in [2.45, 2.75) is 20.3 Å². The third kappa shape index (κ3) is 6.28. The molecule has 0 bridgehead atoms. The number of hydrogen-bond acceptors (Lipinski definition) is 4. The Bertz CT molecular complexity index is 483. The van der Waals surface area contributed by atoms with E-state index in [1.807, 2.05) is 26.0 Å². The van der Waals surface area contributed by atoms with E-state index in [2.05, 4.69) is 16.3 Å². The van der Waals surface area contributed by atoms with Crippen LogP contribution in [0.15, 0.2) is 24.3 Å². The molecule has 0 heterocycles. The first kappa shape index (κ1) is 17.0. The molecule has 0 saturated heterocycles.